The number of ketones is 1. The Morgan fingerprint density at radius 1 is 1.17 bits per heavy atom. The molecule has 7 nitrogen and oxygen atoms in total. The van der Waals surface area contributed by atoms with E-state index in [1.54, 1.807) is 51.1 Å². The van der Waals surface area contributed by atoms with Gasteiger partial charge in [-0.2, -0.15) is 0 Å². The van der Waals surface area contributed by atoms with Crippen molar-refractivity contribution in [3.8, 4) is 0 Å². The lowest BCUT2D eigenvalue weighted by atomic mass is 10.1. The second-order valence-electron chi connectivity index (χ2n) is 6.28. The summed E-state index contributed by atoms with van der Waals surface area (Å²) in [4.78, 5) is 34.7. The van der Waals surface area contributed by atoms with Crippen LogP contribution in [-0.2, 0) is 9.53 Å². The van der Waals surface area contributed by atoms with Crippen LogP contribution in [0.5, 0.6) is 0 Å². The van der Waals surface area contributed by atoms with Gasteiger partial charge in [-0.15, -0.1) is 0 Å². The topological polar surface area (TPSA) is 105 Å². The maximum absolute atomic E-state index is 12.0. The molecule has 0 aliphatic rings. The average Bonchev–Trinajstić information content (AvgIpc) is 2.49. The van der Waals surface area contributed by atoms with E-state index in [1.807, 2.05) is 0 Å². The van der Waals surface area contributed by atoms with E-state index >= 15 is 0 Å². The molecule has 1 aromatic rings. The summed E-state index contributed by atoms with van der Waals surface area (Å²) in [6.45, 7) is 5.25. The molecule has 0 radical (unpaired) electrons. The quantitative estimate of drug-likeness (QED) is 0.626. The molecular weight excluding hydrogens is 312 g/mol. The van der Waals surface area contributed by atoms with Crippen LogP contribution in [0.15, 0.2) is 30.3 Å². The molecule has 3 N–H and O–H groups in total. The molecular formula is C17H24N2O5. The normalized spacial score (nSPS) is 12.3. The highest BCUT2D eigenvalue weighted by Gasteiger charge is 2.20. The second-order valence-corrected chi connectivity index (χ2v) is 6.28. The van der Waals surface area contributed by atoms with Crippen molar-refractivity contribution in [3.05, 3.63) is 35.9 Å². The fourth-order valence-electron chi connectivity index (χ4n) is 1.89. The number of aliphatic carboxylic acids is 1. The van der Waals surface area contributed by atoms with Crippen molar-refractivity contribution < 1.29 is 24.2 Å². The van der Waals surface area contributed by atoms with Crippen LogP contribution in [0.25, 0.3) is 0 Å². The molecule has 0 aromatic heterocycles. The van der Waals surface area contributed by atoms with Crippen molar-refractivity contribution in [2.24, 2.45) is 0 Å². The summed E-state index contributed by atoms with van der Waals surface area (Å²) in [5.74, 6) is -1.27. The van der Waals surface area contributed by atoms with Gasteiger partial charge in [0.25, 0.3) is 0 Å². The number of carbonyl (C=O) groups excluding carboxylic acids is 2. The standard InChI is InChI=1S/C17H24N2O5/c1-17(2,3)24-16(23)18-10-9-13(15(21)22)19-11-14(20)12-7-5-4-6-8-12/h4-8,13,19H,9-11H2,1-3H3,(H,18,23)(H,21,22)/t13-/m0/s1. The van der Waals surface area contributed by atoms with Gasteiger partial charge >= 0.3 is 12.1 Å². The van der Waals surface area contributed by atoms with Gasteiger partial charge in [-0.25, -0.2) is 4.79 Å². The van der Waals surface area contributed by atoms with Crippen molar-refractivity contribution in [2.45, 2.75) is 38.8 Å². The van der Waals surface area contributed by atoms with E-state index in [9.17, 15) is 19.5 Å². The van der Waals surface area contributed by atoms with Crippen molar-refractivity contribution in [2.75, 3.05) is 13.1 Å². The lowest BCUT2D eigenvalue weighted by molar-refractivity contribution is -0.139. The molecule has 24 heavy (non-hydrogen) atoms. The minimum Gasteiger partial charge on any atom is -0.480 e. The van der Waals surface area contributed by atoms with Crippen LogP contribution in [0.4, 0.5) is 4.79 Å². The summed E-state index contributed by atoms with van der Waals surface area (Å²) in [5, 5.41) is 14.4. The number of benzene rings is 1. The van der Waals surface area contributed by atoms with E-state index < -0.39 is 23.7 Å². The van der Waals surface area contributed by atoms with Gasteiger partial charge in [0.15, 0.2) is 5.78 Å². The van der Waals surface area contributed by atoms with Gasteiger partial charge in [-0.1, -0.05) is 30.3 Å². The third-order valence-electron chi connectivity index (χ3n) is 3.00. The monoisotopic (exact) mass is 336 g/mol. The van der Waals surface area contributed by atoms with E-state index in [2.05, 4.69) is 10.6 Å². The molecule has 1 amide bonds. The smallest absolute Gasteiger partial charge is 0.407 e. The van der Waals surface area contributed by atoms with Crippen molar-refractivity contribution in [1.82, 2.24) is 10.6 Å². The zero-order chi connectivity index (χ0) is 18.2. The summed E-state index contributed by atoms with van der Waals surface area (Å²) in [5.41, 5.74) is -0.0996. The maximum atomic E-state index is 12.0. The zero-order valence-corrected chi connectivity index (χ0v) is 14.2. The van der Waals surface area contributed by atoms with Crippen molar-refractivity contribution in [3.63, 3.8) is 0 Å². The average molecular weight is 336 g/mol. The van der Waals surface area contributed by atoms with Crippen LogP contribution in [0.3, 0.4) is 0 Å². The molecule has 7 heteroatoms. The fourth-order valence-corrected chi connectivity index (χ4v) is 1.89. The zero-order valence-electron chi connectivity index (χ0n) is 14.2. The molecule has 1 aromatic carbocycles. The number of ether oxygens (including phenoxy) is 1. The second kappa shape index (κ2) is 9.02. The first-order valence-electron chi connectivity index (χ1n) is 7.70. The number of hydrogen-bond acceptors (Lipinski definition) is 5. The summed E-state index contributed by atoms with van der Waals surface area (Å²) < 4.78 is 5.06. The van der Waals surface area contributed by atoms with Gasteiger partial charge in [0.1, 0.15) is 11.6 Å². The number of alkyl carbamates (subject to hydrolysis) is 1. The summed E-state index contributed by atoms with van der Waals surface area (Å²) in [6.07, 6.45) is -0.469. The summed E-state index contributed by atoms with van der Waals surface area (Å²) >= 11 is 0. The lowest BCUT2D eigenvalue weighted by Crippen LogP contribution is -2.42. The molecule has 0 aliphatic heterocycles. The van der Waals surface area contributed by atoms with Gasteiger partial charge in [0, 0.05) is 12.1 Å². The molecule has 1 atom stereocenters. The van der Waals surface area contributed by atoms with Crippen LogP contribution in [0, 0.1) is 0 Å². The molecule has 0 unspecified atom stereocenters. The molecule has 0 aliphatic carbocycles. The first-order valence-corrected chi connectivity index (χ1v) is 7.70. The number of nitrogens with one attached hydrogen (secondary N) is 2. The Balaban J connectivity index is 2.41. The van der Waals surface area contributed by atoms with Crippen LogP contribution in [0.2, 0.25) is 0 Å². The van der Waals surface area contributed by atoms with Gasteiger partial charge in [-0.05, 0) is 27.2 Å². The van der Waals surface area contributed by atoms with E-state index in [1.165, 1.54) is 0 Å². The largest absolute Gasteiger partial charge is 0.480 e. The highest BCUT2D eigenvalue weighted by molar-refractivity contribution is 5.97. The molecule has 0 fully saturated rings. The van der Waals surface area contributed by atoms with E-state index in [0.29, 0.717) is 5.56 Å². The molecule has 0 saturated carbocycles. The van der Waals surface area contributed by atoms with Gasteiger partial charge in [0.05, 0.1) is 6.54 Å². The first kappa shape index (κ1) is 19.6. The van der Waals surface area contributed by atoms with E-state index in [0.717, 1.165) is 0 Å². The Bertz CT molecular complexity index is 566. The number of carbonyl (C=O) groups is 3. The highest BCUT2D eigenvalue weighted by Crippen LogP contribution is 2.06. The third kappa shape index (κ3) is 7.73. The Hall–Kier alpha value is -2.41. The first-order chi connectivity index (χ1) is 11.2. The van der Waals surface area contributed by atoms with Gasteiger partial charge < -0.3 is 15.2 Å². The number of amides is 1. The summed E-state index contributed by atoms with van der Waals surface area (Å²) in [7, 11) is 0. The van der Waals surface area contributed by atoms with Gasteiger partial charge in [0.2, 0.25) is 0 Å². The Morgan fingerprint density at radius 3 is 2.33 bits per heavy atom. The molecule has 0 heterocycles. The number of rotatable bonds is 8. The van der Waals surface area contributed by atoms with Crippen molar-refractivity contribution >= 4 is 17.8 Å². The number of carboxylic acid groups (broad SMARTS) is 1. The van der Waals surface area contributed by atoms with Crippen LogP contribution in [-0.4, -0.2) is 47.7 Å². The minimum absolute atomic E-state index is 0.0899. The van der Waals surface area contributed by atoms with Crippen molar-refractivity contribution in [1.29, 1.82) is 0 Å². The Kier molecular flexibility index (Phi) is 7.38. The molecule has 0 spiro atoms. The van der Waals surface area contributed by atoms with Gasteiger partial charge in [-0.3, -0.25) is 14.9 Å². The SMILES string of the molecule is CC(C)(C)OC(=O)NCC[C@H](NCC(=O)c1ccccc1)C(=O)O. The van der Waals surface area contributed by atoms with E-state index in [-0.39, 0.29) is 25.3 Å². The van der Waals surface area contributed by atoms with Crippen LogP contribution in [0.1, 0.15) is 37.6 Å². The molecule has 0 bridgehead atoms. The lowest BCUT2D eigenvalue weighted by Gasteiger charge is -2.20. The number of hydrogen-bond donors (Lipinski definition) is 3. The predicted molar refractivity (Wildman–Crippen MR) is 89.1 cm³/mol. The maximum Gasteiger partial charge on any atom is 0.407 e. The Morgan fingerprint density at radius 2 is 1.79 bits per heavy atom. The number of carboxylic acids is 1. The minimum atomic E-state index is -1.08. The van der Waals surface area contributed by atoms with Crippen LogP contribution < -0.4 is 10.6 Å². The number of Topliss-reactive ketones (excluding diaryl/α,β-unsaturated/α-hetero) is 1. The molecule has 1 rings (SSSR count). The fraction of sp³-hybridized carbons (Fsp3) is 0.471. The molecule has 132 valence electrons. The summed E-state index contributed by atoms with van der Waals surface area (Å²) in [6, 6.07) is 7.69. The Labute approximate surface area is 141 Å². The molecule has 0 saturated heterocycles. The predicted octanol–water partition coefficient (Wildman–Crippen LogP) is 1.83. The highest BCUT2D eigenvalue weighted by atomic mass is 16.6. The van der Waals surface area contributed by atoms with E-state index in [4.69, 9.17) is 4.74 Å². The van der Waals surface area contributed by atoms with Crippen LogP contribution >= 0.6 is 0 Å². The third-order valence-corrected chi connectivity index (χ3v) is 3.00.